The van der Waals surface area contributed by atoms with Crippen LogP contribution in [0, 0.1) is 24.0 Å². The molecule has 3 nitrogen and oxygen atoms in total. The second-order valence-corrected chi connectivity index (χ2v) is 14.7. The molecule has 3 aliphatic rings. The fourth-order valence-corrected chi connectivity index (χ4v) is 7.99. The number of aromatic nitrogens is 3. The van der Waals surface area contributed by atoms with E-state index in [1.165, 1.54) is 24.0 Å². The maximum atomic E-state index is 8.93. The largest absolute Gasteiger partial charge is 0.333 e. The van der Waals surface area contributed by atoms with Crippen LogP contribution in [0.1, 0.15) is 91.9 Å². The molecule has 1 radical (unpaired) electrons. The van der Waals surface area contributed by atoms with E-state index in [-0.39, 0.29) is 26.0 Å². The predicted octanol–water partition coefficient (Wildman–Crippen LogP) is 12.9. The zero-order valence-corrected chi connectivity index (χ0v) is 33.3. The molecule has 2 bridgehead atoms. The Labute approximate surface area is 333 Å². The molecule has 10 rings (SSSR count). The van der Waals surface area contributed by atoms with Crippen LogP contribution in [0.25, 0.3) is 50.5 Å². The minimum atomic E-state index is -0.834. The smallest absolute Gasteiger partial charge is 0.0774 e. The van der Waals surface area contributed by atoms with E-state index in [2.05, 4.69) is 52.0 Å². The van der Waals surface area contributed by atoms with Crippen molar-refractivity contribution in [3.05, 3.63) is 162 Å². The molecule has 3 aliphatic carbocycles. The van der Waals surface area contributed by atoms with Crippen molar-refractivity contribution >= 4 is 11.0 Å². The number of pyridine rings is 1. The minimum absolute atomic E-state index is 0. The van der Waals surface area contributed by atoms with Gasteiger partial charge in [0.25, 0.3) is 0 Å². The maximum absolute atomic E-state index is 8.93. The fraction of sp³-hybridized carbons (Fsp3) is 0.265. The molecule has 269 valence electrons. The van der Waals surface area contributed by atoms with Crippen LogP contribution in [0.5, 0.6) is 0 Å². The Kier molecular flexibility index (Phi) is 10.1. The maximum Gasteiger partial charge on any atom is 0.0774 e. The van der Waals surface area contributed by atoms with Gasteiger partial charge in [-0.1, -0.05) is 88.4 Å². The van der Waals surface area contributed by atoms with E-state index in [0.29, 0.717) is 0 Å². The molecular weight excluding hydrogens is 823 g/mol. The van der Waals surface area contributed by atoms with Gasteiger partial charge in [-0.05, 0) is 107 Å². The summed E-state index contributed by atoms with van der Waals surface area (Å²) in [5, 5.41) is 0. The second-order valence-electron chi connectivity index (χ2n) is 14.7. The zero-order chi connectivity index (χ0) is 38.4. The van der Waals surface area contributed by atoms with E-state index in [4.69, 9.17) is 9.10 Å². The first kappa shape index (κ1) is 33.0. The first-order valence-electron chi connectivity index (χ1n) is 20.0. The Hall–Kier alpha value is -4.63. The Morgan fingerprint density at radius 3 is 1.92 bits per heavy atom. The van der Waals surface area contributed by atoms with Crippen molar-refractivity contribution < 1.29 is 24.2 Å². The molecule has 0 spiro atoms. The first-order valence-corrected chi connectivity index (χ1v) is 18.5. The summed E-state index contributed by atoms with van der Waals surface area (Å²) < 4.78 is 28.6. The van der Waals surface area contributed by atoms with Gasteiger partial charge in [-0.2, -0.15) is 0 Å². The Bertz CT molecular complexity index is 2380. The van der Waals surface area contributed by atoms with Crippen LogP contribution in [0.15, 0.2) is 134 Å². The molecule has 5 aromatic carbocycles. The summed E-state index contributed by atoms with van der Waals surface area (Å²) >= 11 is 0. The topological polar surface area (TPSA) is 30.7 Å². The molecular formula is C49H47IrN3-2. The van der Waals surface area contributed by atoms with E-state index in [1.807, 2.05) is 131 Å². The number of rotatable bonds is 7. The van der Waals surface area contributed by atoms with E-state index < -0.39 is 11.8 Å². The Balaban J connectivity index is 0.000000169. The number of imidazole rings is 1. The van der Waals surface area contributed by atoms with E-state index in [0.717, 1.165) is 80.7 Å². The average molecular weight is 873 g/mol. The molecule has 3 saturated carbocycles. The van der Waals surface area contributed by atoms with Crippen molar-refractivity contribution in [3.63, 3.8) is 0 Å². The molecule has 2 aromatic heterocycles. The summed E-state index contributed by atoms with van der Waals surface area (Å²) in [7, 11) is 0. The van der Waals surface area contributed by atoms with Crippen molar-refractivity contribution in [2.45, 2.75) is 71.1 Å². The molecule has 0 N–H and O–H groups in total. The number of para-hydroxylation sites is 3. The van der Waals surface area contributed by atoms with E-state index >= 15 is 0 Å². The van der Waals surface area contributed by atoms with Crippen molar-refractivity contribution in [2.75, 3.05) is 0 Å². The summed E-state index contributed by atoms with van der Waals surface area (Å²) in [6, 6.07) is 49.1. The van der Waals surface area contributed by atoms with Gasteiger partial charge in [0.15, 0.2) is 0 Å². The van der Waals surface area contributed by atoms with Crippen LogP contribution in [-0.2, 0) is 20.1 Å². The quantitative estimate of drug-likeness (QED) is 0.149. The number of nitrogens with zero attached hydrogens (tertiary/aromatic N) is 3. The Morgan fingerprint density at radius 1 is 0.679 bits per heavy atom. The molecule has 4 heteroatoms. The summed E-state index contributed by atoms with van der Waals surface area (Å²) in [4.78, 5) is 9.40. The molecule has 0 unspecified atom stereocenters. The summed E-state index contributed by atoms with van der Waals surface area (Å²) in [5.41, 5.74) is 10.8. The number of fused-ring (bicyclic) bond motifs is 3. The van der Waals surface area contributed by atoms with Crippen molar-refractivity contribution in [3.8, 4) is 39.5 Å². The third-order valence-corrected chi connectivity index (χ3v) is 10.6. The van der Waals surface area contributed by atoms with E-state index in [1.54, 1.807) is 0 Å². The molecule has 0 atom stereocenters. The summed E-state index contributed by atoms with van der Waals surface area (Å²) in [6.45, 7) is 7.56. The minimum Gasteiger partial charge on any atom is -0.333 e. The van der Waals surface area contributed by atoms with Gasteiger partial charge < -0.3 is 9.55 Å². The van der Waals surface area contributed by atoms with Crippen LogP contribution in [-0.4, -0.2) is 14.5 Å². The molecule has 7 aromatic rings. The normalized spacial score (nSPS) is 20.1. The zero-order valence-electron chi connectivity index (χ0n) is 33.9. The van der Waals surface area contributed by atoms with Crippen LogP contribution in [0.4, 0.5) is 0 Å². The first-order chi connectivity index (χ1) is 26.4. The van der Waals surface area contributed by atoms with Gasteiger partial charge in [-0.3, -0.25) is 4.98 Å². The van der Waals surface area contributed by atoms with Crippen molar-refractivity contribution in [1.29, 1.82) is 0 Å². The Morgan fingerprint density at radius 2 is 1.30 bits per heavy atom. The molecule has 3 fully saturated rings. The van der Waals surface area contributed by atoms with Crippen molar-refractivity contribution in [2.24, 2.45) is 11.8 Å². The predicted molar refractivity (Wildman–Crippen MR) is 216 cm³/mol. The van der Waals surface area contributed by atoms with E-state index in [9.17, 15) is 0 Å². The molecule has 0 saturated heterocycles. The molecule has 53 heavy (non-hydrogen) atoms. The number of hydrogen-bond donors (Lipinski definition) is 0. The SMILES string of the molecule is [2H]C(C)(C)c1cccc(C([2H])(C)C)c1-n1c(-c2[c-]cccc2)nc2ccccc21.[2H]C1(c2ccc(-c3ccnc(-c4[c-]cccc4)c3)cc2)CC2CC(C2)C1.[Ir]. The van der Waals surface area contributed by atoms with Crippen LogP contribution < -0.4 is 0 Å². The molecule has 2 heterocycles. The molecule has 0 aliphatic heterocycles. The van der Waals surface area contributed by atoms with Crippen LogP contribution >= 0.6 is 0 Å². The second kappa shape index (κ2) is 16.2. The van der Waals surface area contributed by atoms with Crippen LogP contribution in [0.2, 0.25) is 0 Å². The van der Waals surface area contributed by atoms with Gasteiger partial charge >= 0.3 is 0 Å². The number of hydrogen-bond acceptors (Lipinski definition) is 2. The summed E-state index contributed by atoms with van der Waals surface area (Å²) in [5.74, 6) is 0.312. The fourth-order valence-electron chi connectivity index (χ4n) is 7.99. The average Bonchev–Trinajstić information content (AvgIpc) is 3.57. The van der Waals surface area contributed by atoms with Gasteiger partial charge in [0.2, 0.25) is 0 Å². The standard InChI is InChI=1S/C25H25N2.C24H22N.Ir/c1-17(2)20-13-10-14-21(18(3)4)24(20)27-23-16-9-8-15-22(23)26-25(27)19-11-6-5-7-12-19;1-2-4-21(5-3-1)24-16-22(10-11-25-24)19-6-8-20(9-7-19)23-14-17-12-18(13-17)15-23;/h5-11,13-18H,1-4H3;1-4,6-11,16-18,23H,12-15H2;/q2*-1;/i17D,18D;23D;. The van der Waals surface area contributed by atoms with Gasteiger partial charge in [-0.25, -0.2) is 0 Å². The summed E-state index contributed by atoms with van der Waals surface area (Å²) in [6.07, 6.45) is 6.64. The number of benzene rings is 5. The van der Waals surface area contributed by atoms with Gasteiger partial charge in [-0.15, -0.1) is 71.8 Å². The third-order valence-electron chi connectivity index (χ3n) is 10.6. The van der Waals surface area contributed by atoms with Gasteiger partial charge in [0, 0.05) is 36.1 Å². The van der Waals surface area contributed by atoms with Gasteiger partial charge in [0.05, 0.1) is 16.9 Å². The van der Waals surface area contributed by atoms with Gasteiger partial charge in [0.1, 0.15) is 0 Å². The van der Waals surface area contributed by atoms with Crippen LogP contribution in [0.3, 0.4) is 0 Å². The third kappa shape index (κ3) is 7.72. The monoisotopic (exact) mass is 873 g/mol. The van der Waals surface area contributed by atoms with Crippen molar-refractivity contribution in [1.82, 2.24) is 14.5 Å². The molecule has 0 amide bonds.